The summed E-state index contributed by atoms with van der Waals surface area (Å²) < 4.78 is 1.58. The Hall–Kier alpha value is -3.26. The summed E-state index contributed by atoms with van der Waals surface area (Å²) in [5, 5.41) is 9.34. The smallest absolute Gasteiger partial charge is 0.267 e. The van der Waals surface area contributed by atoms with Crippen LogP contribution in [0, 0.1) is 11.8 Å². The van der Waals surface area contributed by atoms with Crippen molar-refractivity contribution in [3.63, 3.8) is 0 Å². The van der Waals surface area contributed by atoms with Gasteiger partial charge in [-0.3, -0.25) is 9.59 Å². The Labute approximate surface area is 223 Å². The number of nitrogens with zero attached hydrogens (tertiary/aromatic N) is 2. The number of nitrogen functional groups attached to an aromatic ring is 1. The van der Waals surface area contributed by atoms with Gasteiger partial charge in [-0.1, -0.05) is 0 Å². The van der Waals surface area contributed by atoms with Crippen molar-refractivity contribution in [3.05, 3.63) is 56.9 Å². The number of nitrogens with two attached hydrogens (primary N) is 2. The molecular weight excluding hydrogens is 596 g/mol. The van der Waals surface area contributed by atoms with Crippen LogP contribution in [0.1, 0.15) is 39.1 Å². The van der Waals surface area contributed by atoms with E-state index in [-0.39, 0.29) is 41.7 Å². The molecule has 5 rings (SSSR count). The Kier molecular flexibility index (Phi) is 6.79. The normalized spacial score (nSPS) is 25.1. The van der Waals surface area contributed by atoms with Gasteiger partial charge in [-0.05, 0) is 62.2 Å². The number of hydrogen-bond acceptors (Lipinski definition) is 7. The Morgan fingerprint density at radius 3 is 2.22 bits per heavy atom. The maximum absolute atomic E-state index is 12.8. The number of anilines is 1. The first-order valence-corrected chi connectivity index (χ1v) is 13.0. The number of amides is 2. The molecule has 2 aliphatic rings. The third-order valence-corrected chi connectivity index (χ3v) is 7.68. The van der Waals surface area contributed by atoms with Gasteiger partial charge < -0.3 is 42.4 Å². The van der Waals surface area contributed by atoms with Gasteiger partial charge in [0, 0.05) is 40.3 Å². The first-order valence-electron chi connectivity index (χ1n) is 11.4. The number of guanidine groups is 1. The third kappa shape index (κ3) is 5.00. The summed E-state index contributed by atoms with van der Waals surface area (Å²) in [6.07, 6.45) is 5.68. The molecule has 0 bridgehead atoms. The topological polar surface area (TPSA) is 195 Å². The molecular formula is C22H26Br2N10O2. The quantitative estimate of drug-likeness (QED) is 0.196. The molecule has 1 fully saturated rings. The Morgan fingerprint density at radius 2 is 1.67 bits per heavy atom. The lowest BCUT2D eigenvalue weighted by molar-refractivity contribution is 0.0869. The van der Waals surface area contributed by atoms with Crippen LogP contribution >= 0.6 is 31.9 Å². The van der Waals surface area contributed by atoms with Gasteiger partial charge in [-0.25, -0.2) is 9.98 Å². The molecule has 1 aliphatic carbocycles. The van der Waals surface area contributed by atoms with Crippen LogP contribution in [0.4, 0.5) is 5.82 Å². The third-order valence-electron chi connectivity index (χ3n) is 6.76. The minimum Gasteiger partial charge on any atom is -0.384 e. The van der Waals surface area contributed by atoms with Crippen LogP contribution in [-0.2, 0) is 0 Å². The van der Waals surface area contributed by atoms with Crippen molar-refractivity contribution in [1.82, 2.24) is 35.9 Å². The van der Waals surface area contributed by atoms with Gasteiger partial charge in [-0.2, -0.15) is 0 Å². The van der Waals surface area contributed by atoms with E-state index >= 15 is 0 Å². The number of rotatable bonds is 7. The van der Waals surface area contributed by atoms with E-state index in [9.17, 15) is 9.59 Å². The molecule has 5 atom stereocenters. The molecule has 14 heteroatoms. The highest BCUT2D eigenvalue weighted by molar-refractivity contribution is 9.10. The fraction of sp³-hybridized carbons (Fsp3) is 0.364. The maximum atomic E-state index is 12.8. The minimum atomic E-state index is -0.230. The van der Waals surface area contributed by atoms with Gasteiger partial charge >= 0.3 is 0 Å². The van der Waals surface area contributed by atoms with E-state index in [1.807, 2.05) is 0 Å². The number of hydrogen-bond donors (Lipinski definition) is 8. The molecule has 3 aromatic heterocycles. The number of fused-ring (bicyclic) bond motifs is 1. The molecule has 2 amide bonds. The molecule has 12 nitrogen and oxygen atoms in total. The summed E-state index contributed by atoms with van der Waals surface area (Å²) in [5.41, 5.74) is 12.9. The fourth-order valence-corrected chi connectivity index (χ4v) is 5.86. The predicted molar refractivity (Wildman–Crippen MR) is 141 cm³/mol. The second-order valence-corrected chi connectivity index (χ2v) is 10.9. The highest BCUT2D eigenvalue weighted by Crippen LogP contribution is 2.43. The molecule has 36 heavy (non-hydrogen) atoms. The standard InChI is InChI=1S/C22H26Br2N10O2/c23-10-2-14(27-5-10)20(35)30-4-9-1-13-18(34-22(26)32-13)17(19-29-8-16(25)33-19)12(9)7-31-21(36)15-3-11(24)6-28-15/h2-3,5-6,8-9,12-13,17-18,27-28H,1,4,7,25H2,(H,29,33)(H,30,35)(H,31,36)(H3,26,32,34)/t9-,12-,13?,17+,18?/m1/s1. The molecule has 0 aromatic carbocycles. The van der Waals surface area contributed by atoms with Crippen LogP contribution < -0.4 is 27.4 Å². The largest absolute Gasteiger partial charge is 0.384 e. The second-order valence-electron chi connectivity index (χ2n) is 9.05. The zero-order valence-electron chi connectivity index (χ0n) is 19.0. The zero-order valence-corrected chi connectivity index (χ0v) is 22.2. The Balaban J connectivity index is 1.40. The number of halogens is 2. The Bertz CT molecular complexity index is 1300. The van der Waals surface area contributed by atoms with Crippen molar-refractivity contribution in [2.45, 2.75) is 24.4 Å². The summed E-state index contributed by atoms with van der Waals surface area (Å²) in [7, 11) is 0. The molecule has 0 spiro atoms. The molecule has 10 N–H and O–H groups in total. The number of nitrogens with one attached hydrogen (secondary N) is 6. The molecule has 1 aliphatic heterocycles. The number of H-pyrrole nitrogens is 3. The van der Waals surface area contributed by atoms with Gasteiger partial charge in [0.1, 0.15) is 23.0 Å². The van der Waals surface area contributed by atoms with Gasteiger partial charge in [0.05, 0.1) is 18.3 Å². The average Bonchev–Trinajstić information content (AvgIpc) is 3.63. The number of carbonyl (C=O) groups is 2. The van der Waals surface area contributed by atoms with Crippen LogP contribution in [0.5, 0.6) is 0 Å². The van der Waals surface area contributed by atoms with Crippen LogP contribution in [0.25, 0.3) is 0 Å². The summed E-state index contributed by atoms with van der Waals surface area (Å²) in [6, 6.07) is 3.21. The number of aliphatic imine (C=N–C) groups is 1. The maximum Gasteiger partial charge on any atom is 0.267 e. The van der Waals surface area contributed by atoms with Crippen LogP contribution in [0.3, 0.4) is 0 Å². The van der Waals surface area contributed by atoms with E-state index in [0.717, 1.165) is 8.95 Å². The molecule has 2 unspecified atom stereocenters. The molecule has 0 saturated heterocycles. The van der Waals surface area contributed by atoms with Crippen LogP contribution in [0.2, 0.25) is 0 Å². The van der Waals surface area contributed by atoms with Crippen molar-refractivity contribution in [2.24, 2.45) is 22.6 Å². The Morgan fingerprint density at radius 1 is 1.03 bits per heavy atom. The van der Waals surface area contributed by atoms with Gasteiger partial charge in [0.25, 0.3) is 11.8 Å². The summed E-state index contributed by atoms with van der Waals surface area (Å²) in [4.78, 5) is 43.8. The lowest BCUT2D eigenvalue weighted by atomic mass is 9.67. The highest BCUT2D eigenvalue weighted by atomic mass is 79.9. The average molecular weight is 622 g/mol. The van der Waals surface area contributed by atoms with E-state index in [1.54, 1.807) is 30.7 Å². The minimum absolute atomic E-state index is 0.0193. The lowest BCUT2D eigenvalue weighted by Gasteiger charge is -2.43. The van der Waals surface area contributed by atoms with Crippen molar-refractivity contribution in [2.75, 3.05) is 18.8 Å². The zero-order chi connectivity index (χ0) is 25.4. The van der Waals surface area contributed by atoms with Crippen molar-refractivity contribution in [1.29, 1.82) is 0 Å². The lowest BCUT2D eigenvalue weighted by Crippen LogP contribution is -2.53. The number of aromatic amines is 3. The van der Waals surface area contributed by atoms with Gasteiger partial charge in [-0.15, -0.1) is 0 Å². The summed E-state index contributed by atoms with van der Waals surface area (Å²) >= 11 is 6.71. The number of imidazole rings is 1. The molecule has 190 valence electrons. The van der Waals surface area contributed by atoms with Crippen LogP contribution in [0.15, 0.2) is 44.7 Å². The van der Waals surface area contributed by atoms with E-state index in [1.165, 1.54) is 0 Å². The van der Waals surface area contributed by atoms with Crippen molar-refractivity contribution < 1.29 is 9.59 Å². The predicted octanol–water partition coefficient (Wildman–Crippen LogP) is 1.41. The monoisotopic (exact) mass is 620 g/mol. The summed E-state index contributed by atoms with van der Waals surface area (Å²) in [6.45, 7) is 0.732. The van der Waals surface area contributed by atoms with Gasteiger partial charge in [0.2, 0.25) is 0 Å². The van der Waals surface area contributed by atoms with E-state index in [4.69, 9.17) is 11.5 Å². The van der Waals surface area contributed by atoms with Gasteiger partial charge in [0.15, 0.2) is 5.96 Å². The SMILES string of the molecule is NC1=NC2C(C[C@H](CNC(=O)c3cc(Br)c[nH]3)[C@@H](CNC(=O)c3cc(Br)c[nH]3)[C@@H]2c2ncc(N)[nH]2)N1. The molecule has 3 aromatic rings. The first-order chi connectivity index (χ1) is 17.3. The molecule has 0 radical (unpaired) electrons. The first kappa shape index (κ1) is 24.4. The van der Waals surface area contributed by atoms with Crippen molar-refractivity contribution in [3.8, 4) is 0 Å². The molecule has 4 heterocycles. The van der Waals surface area contributed by atoms with Crippen molar-refractivity contribution >= 4 is 55.5 Å². The number of carbonyl (C=O) groups excluding carboxylic acids is 2. The fourth-order valence-electron chi connectivity index (χ4n) is 5.18. The summed E-state index contributed by atoms with van der Waals surface area (Å²) in [5.74, 6) is 0.690. The van der Waals surface area contributed by atoms with E-state index in [0.29, 0.717) is 48.5 Å². The highest BCUT2D eigenvalue weighted by Gasteiger charge is 2.49. The number of aromatic nitrogens is 4. The van der Waals surface area contributed by atoms with E-state index < -0.39 is 0 Å². The van der Waals surface area contributed by atoms with E-state index in [2.05, 4.69) is 72.7 Å². The van der Waals surface area contributed by atoms with Crippen LogP contribution in [-0.4, -0.2) is 62.9 Å². The molecule has 1 saturated carbocycles. The second kappa shape index (κ2) is 10.0.